The summed E-state index contributed by atoms with van der Waals surface area (Å²) in [5, 5.41) is 8.63. The highest BCUT2D eigenvalue weighted by molar-refractivity contribution is 7.16. The first-order chi connectivity index (χ1) is 12.7. The number of furan rings is 1. The van der Waals surface area contributed by atoms with Crippen molar-refractivity contribution in [1.82, 2.24) is 19.9 Å². The molecule has 26 heavy (non-hydrogen) atoms. The lowest BCUT2D eigenvalue weighted by Gasteiger charge is -2.16. The van der Waals surface area contributed by atoms with E-state index in [-0.39, 0.29) is 11.6 Å². The molecular weight excluding hydrogens is 348 g/mol. The van der Waals surface area contributed by atoms with Gasteiger partial charge >= 0.3 is 0 Å². The predicted molar refractivity (Wildman–Crippen MR) is 100 cm³/mol. The lowest BCUT2D eigenvalue weighted by atomic mass is 10.0. The van der Waals surface area contributed by atoms with Crippen LogP contribution in [0.3, 0.4) is 0 Å². The van der Waals surface area contributed by atoms with E-state index in [9.17, 15) is 4.79 Å². The maximum atomic E-state index is 12.3. The van der Waals surface area contributed by atoms with Gasteiger partial charge in [0.2, 0.25) is 4.96 Å². The number of aryl methyl sites for hydroxylation is 1. The number of nitrogens with one attached hydrogen (secondary N) is 1. The Balaban J connectivity index is 1.62. The zero-order chi connectivity index (χ0) is 17.9. The van der Waals surface area contributed by atoms with Gasteiger partial charge < -0.3 is 4.42 Å². The summed E-state index contributed by atoms with van der Waals surface area (Å²) < 4.78 is 6.96. The van der Waals surface area contributed by atoms with Gasteiger partial charge in [-0.2, -0.15) is 9.61 Å². The lowest BCUT2D eigenvalue weighted by molar-refractivity contribution is 0.444. The molecule has 4 aromatic rings. The zero-order valence-electron chi connectivity index (χ0n) is 14.3. The highest BCUT2D eigenvalue weighted by atomic mass is 32.1. The van der Waals surface area contributed by atoms with Crippen LogP contribution in [0.25, 0.3) is 4.96 Å². The summed E-state index contributed by atoms with van der Waals surface area (Å²) in [4.78, 5) is 17.5. The third kappa shape index (κ3) is 3.31. The van der Waals surface area contributed by atoms with Gasteiger partial charge in [0, 0.05) is 12.6 Å². The van der Waals surface area contributed by atoms with Crippen LogP contribution in [0.5, 0.6) is 0 Å². The van der Waals surface area contributed by atoms with E-state index in [0.717, 1.165) is 22.8 Å². The Morgan fingerprint density at radius 3 is 2.81 bits per heavy atom. The van der Waals surface area contributed by atoms with Crippen LogP contribution >= 0.6 is 11.3 Å². The summed E-state index contributed by atoms with van der Waals surface area (Å²) in [7, 11) is 0. The number of fused-ring (bicyclic) bond motifs is 1. The molecule has 0 saturated heterocycles. The van der Waals surface area contributed by atoms with Crippen LogP contribution in [0.1, 0.15) is 35.0 Å². The van der Waals surface area contributed by atoms with Crippen molar-refractivity contribution in [3.05, 3.63) is 87.2 Å². The highest BCUT2D eigenvalue weighted by Crippen LogP contribution is 2.22. The van der Waals surface area contributed by atoms with E-state index in [1.54, 1.807) is 6.26 Å². The van der Waals surface area contributed by atoms with Crippen LogP contribution in [0.2, 0.25) is 0 Å². The van der Waals surface area contributed by atoms with E-state index >= 15 is 0 Å². The third-order valence-corrected chi connectivity index (χ3v) is 5.14. The Morgan fingerprint density at radius 2 is 2.08 bits per heavy atom. The van der Waals surface area contributed by atoms with Gasteiger partial charge in [0.05, 0.1) is 18.0 Å². The fourth-order valence-electron chi connectivity index (χ4n) is 2.82. The molecule has 3 aromatic heterocycles. The smallest absolute Gasteiger partial charge is 0.275 e. The highest BCUT2D eigenvalue weighted by Gasteiger charge is 2.17. The molecule has 0 aliphatic rings. The quantitative estimate of drug-likeness (QED) is 0.567. The van der Waals surface area contributed by atoms with Gasteiger partial charge in [-0.3, -0.25) is 10.1 Å². The molecule has 3 heterocycles. The monoisotopic (exact) mass is 366 g/mol. The average Bonchev–Trinajstić information content (AvgIpc) is 3.33. The second kappa shape index (κ2) is 7.23. The molecule has 0 fully saturated rings. The van der Waals surface area contributed by atoms with Crippen molar-refractivity contribution in [3.63, 3.8) is 0 Å². The van der Waals surface area contributed by atoms with Crippen molar-refractivity contribution in [1.29, 1.82) is 0 Å². The van der Waals surface area contributed by atoms with E-state index in [2.05, 4.69) is 15.4 Å². The van der Waals surface area contributed by atoms with E-state index in [1.165, 1.54) is 21.9 Å². The lowest BCUT2D eigenvalue weighted by Crippen LogP contribution is -2.24. The second-order valence-electron chi connectivity index (χ2n) is 5.87. The van der Waals surface area contributed by atoms with Crippen LogP contribution < -0.4 is 10.9 Å². The Bertz CT molecular complexity index is 1050. The van der Waals surface area contributed by atoms with Crippen molar-refractivity contribution in [2.45, 2.75) is 25.9 Å². The van der Waals surface area contributed by atoms with Gasteiger partial charge in [-0.1, -0.05) is 48.6 Å². The maximum absolute atomic E-state index is 12.3. The van der Waals surface area contributed by atoms with Crippen molar-refractivity contribution < 1.29 is 4.42 Å². The molecule has 6 nitrogen and oxygen atoms in total. The minimum absolute atomic E-state index is 0.112. The van der Waals surface area contributed by atoms with E-state index in [0.29, 0.717) is 17.2 Å². The van der Waals surface area contributed by atoms with Gasteiger partial charge in [0.1, 0.15) is 10.8 Å². The van der Waals surface area contributed by atoms with E-state index in [4.69, 9.17) is 4.42 Å². The SMILES string of the molecule is CCc1nn2c(=O)cc(CN[C@@H](c3ccccc3)c3ccco3)nc2s1. The summed E-state index contributed by atoms with van der Waals surface area (Å²) in [6, 6.07) is 15.3. The summed E-state index contributed by atoms with van der Waals surface area (Å²) in [5.74, 6) is 0.819. The average molecular weight is 366 g/mol. The summed E-state index contributed by atoms with van der Waals surface area (Å²) in [5.41, 5.74) is 1.62. The van der Waals surface area contributed by atoms with Crippen LogP contribution in [0, 0.1) is 0 Å². The summed E-state index contributed by atoms with van der Waals surface area (Å²) >= 11 is 1.45. The van der Waals surface area contributed by atoms with Crippen LogP contribution in [0.15, 0.2) is 64.0 Å². The number of nitrogens with zero attached hydrogens (tertiary/aromatic N) is 3. The second-order valence-corrected chi connectivity index (χ2v) is 6.91. The number of hydrogen-bond donors (Lipinski definition) is 1. The standard InChI is InChI=1S/C19H18N4O2S/c1-2-16-22-23-17(24)11-14(21-19(23)26-16)12-20-18(15-9-6-10-25-15)13-7-4-3-5-8-13/h3-11,18,20H,2,12H2,1H3/t18-/m0/s1. The molecule has 0 spiro atoms. The summed E-state index contributed by atoms with van der Waals surface area (Å²) in [6.45, 7) is 2.46. The van der Waals surface area contributed by atoms with Gasteiger partial charge in [-0.15, -0.1) is 0 Å². The molecule has 0 unspecified atom stereocenters. The number of benzene rings is 1. The van der Waals surface area contributed by atoms with Crippen molar-refractivity contribution in [3.8, 4) is 0 Å². The third-order valence-electron chi connectivity index (χ3n) is 4.09. The van der Waals surface area contributed by atoms with Crippen LogP contribution in [-0.2, 0) is 13.0 Å². The molecule has 7 heteroatoms. The minimum atomic E-state index is -0.156. The first kappa shape index (κ1) is 16.7. The first-order valence-electron chi connectivity index (χ1n) is 8.45. The first-order valence-corrected chi connectivity index (χ1v) is 9.26. The van der Waals surface area contributed by atoms with E-state index in [1.807, 2.05) is 49.4 Å². The van der Waals surface area contributed by atoms with Crippen LogP contribution in [0.4, 0.5) is 0 Å². The molecule has 1 aromatic carbocycles. The van der Waals surface area contributed by atoms with Gasteiger partial charge in [0.25, 0.3) is 5.56 Å². The molecule has 0 amide bonds. The Hall–Kier alpha value is -2.77. The Kier molecular flexibility index (Phi) is 4.64. The van der Waals surface area contributed by atoms with E-state index < -0.39 is 0 Å². The molecule has 0 saturated carbocycles. The Morgan fingerprint density at radius 1 is 1.23 bits per heavy atom. The van der Waals surface area contributed by atoms with Gasteiger partial charge in [0.15, 0.2) is 0 Å². The fourth-order valence-corrected chi connectivity index (χ4v) is 3.68. The van der Waals surface area contributed by atoms with Gasteiger partial charge in [-0.05, 0) is 24.1 Å². The number of hydrogen-bond acceptors (Lipinski definition) is 6. The van der Waals surface area contributed by atoms with Crippen LogP contribution in [-0.4, -0.2) is 14.6 Å². The molecule has 0 bridgehead atoms. The summed E-state index contributed by atoms with van der Waals surface area (Å²) in [6.07, 6.45) is 2.45. The number of aromatic nitrogens is 3. The molecule has 1 N–H and O–H groups in total. The number of rotatable bonds is 6. The molecule has 132 valence electrons. The van der Waals surface area contributed by atoms with Crippen molar-refractivity contribution >= 4 is 16.3 Å². The Labute approximate surface area is 154 Å². The normalized spacial score (nSPS) is 12.5. The molecular formula is C19H18N4O2S. The topological polar surface area (TPSA) is 72.4 Å². The zero-order valence-corrected chi connectivity index (χ0v) is 15.1. The maximum Gasteiger partial charge on any atom is 0.275 e. The van der Waals surface area contributed by atoms with Crippen molar-refractivity contribution in [2.24, 2.45) is 0 Å². The largest absolute Gasteiger partial charge is 0.467 e. The molecule has 4 rings (SSSR count). The fraction of sp³-hybridized carbons (Fsp3) is 0.211. The molecule has 1 atom stereocenters. The molecule has 0 aliphatic heterocycles. The minimum Gasteiger partial charge on any atom is -0.467 e. The van der Waals surface area contributed by atoms with Gasteiger partial charge in [-0.25, -0.2) is 4.98 Å². The van der Waals surface area contributed by atoms with Crippen molar-refractivity contribution in [2.75, 3.05) is 0 Å². The molecule has 0 radical (unpaired) electrons. The molecule has 0 aliphatic carbocycles. The predicted octanol–water partition coefficient (Wildman–Crippen LogP) is 3.19.